The quantitative estimate of drug-likeness (QED) is 0.787. The van der Waals surface area contributed by atoms with Gasteiger partial charge in [0.2, 0.25) is 0 Å². The Kier molecular flexibility index (Phi) is 3.50. The predicted octanol–water partition coefficient (Wildman–Crippen LogP) is 1.25. The largest absolute Gasteiger partial charge is 0.395 e. The highest BCUT2D eigenvalue weighted by Crippen LogP contribution is 2.35. The number of nitrogens with zero attached hydrogens (tertiary/aromatic N) is 2. The molecule has 0 unspecified atom stereocenters. The van der Waals surface area contributed by atoms with Crippen molar-refractivity contribution < 1.29 is 9.94 Å². The molecule has 1 saturated heterocycles. The van der Waals surface area contributed by atoms with Crippen LogP contribution in [-0.4, -0.2) is 47.6 Å². The standard InChI is InChI=1S/C12H22N2O2/c1-10(2)11-9-12(16-13-11)3-5-14(6-4-12)7-8-15/h10,15H,3-9H2,1-2H3. The number of hydrogen-bond donors (Lipinski definition) is 1. The van der Waals surface area contributed by atoms with Crippen molar-refractivity contribution in [3.8, 4) is 0 Å². The minimum atomic E-state index is -0.0223. The van der Waals surface area contributed by atoms with Crippen molar-refractivity contribution >= 4 is 5.71 Å². The van der Waals surface area contributed by atoms with Gasteiger partial charge in [0, 0.05) is 38.9 Å². The molecule has 2 rings (SSSR count). The number of likely N-dealkylation sites (tertiary alicyclic amines) is 1. The van der Waals surface area contributed by atoms with Crippen molar-refractivity contribution in [3.05, 3.63) is 0 Å². The second kappa shape index (κ2) is 4.72. The van der Waals surface area contributed by atoms with Gasteiger partial charge >= 0.3 is 0 Å². The molecule has 2 heterocycles. The Labute approximate surface area is 97.3 Å². The molecule has 0 aliphatic carbocycles. The van der Waals surface area contributed by atoms with Crippen LogP contribution >= 0.6 is 0 Å². The third-order valence-corrected chi connectivity index (χ3v) is 3.71. The molecule has 0 radical (unpaired) electrons. The van der Waals surface area contributed by atoms with E-state index in [1.807, 2.05) is 0 Å². The fourth-order valence-electron chi connectivity index (χ4n) is 2.45. The monoisotopic (exact) mass is 226 g/mol. The average molecular weight is 226 g/mol. The number of hydrogen-bond acceptors (Lipinski definition) is 4. The van der Waals surface area contributed by atoms with Gasteiger partial charge in [-0.25, -0.2) is 0 Å². The molecule has 2 aliphatic heterocycles. The molecule has 0 saturated carbocycles. The lowest BCUT2D eigenvalue weighted by Crippen LogP contribution is -2.45. The van der Waals surface area contributed by atoms with E-state index in [2.05, 4.69) is 23.9 Å². The molecule has 2 aliphatic rings. The van der Waals surface area contributed by atoms with E-state index in [1.54, 1.807) is 0 Å². The molecule has 16 heavy (non-hydrogen) atoms. The number of oxime groups is 1. The molecule has 0 bridgehead atoms. The first-order chi connectivity index (χ1) is 7.65. The molecular formula is C12H22N2O2. The highest BCUT2D eigenvalue weighted by Gasteiger charge is 2.42. The van der Waals surface area contributed by atoms with Crippen molar-refractivity contribution in [1.29, 1.82) is 0 Å². The lowest BCUT2D eigenvalue weighted by Gasteiger charge is -2.37. The van der Waals surface area contributed by atoms with Crippen molar-refractivity contribution in [2.75, 3.05) is 26.2 Å². The molecule has 0 aromatic heterocycles. The van der Waals surface area contributed by atoms with Gasteiger partial charge in [-0.05, 0) is 5.92 Å². The van der Waals surface area contributed by atoms with Crippen molar-refractivity contribution in [2.24, 2.45) is 11.1 Å². The van der Waals surface area contributed by atoms with Crippen molar-refractivity contribution in [1.82, 2.24) is 4.90 Å². The highest BCUT2D eigenvalue weighted by atomic mass is 16.7. The first-order valence-corrected chi connectivity index (χ1v) is 6.23. The maximum atomic E-state index is 8.89. The molecule has 4 nitrogen and oxygen atoms in total. The molecule has 92 valence electrons. The Morgan fingerprint density at radius 3 is 2.62 bits per heavy atom. The number of rotatable bonds is 3. The number of aliphatic hydroxyl groups excluding tert-OH is 1. The van der Waals surface area contributed by atoms with E-state index in [4.69, 9.17) is 9.94 Å². The molecule has 0 atom stereocenters. The molecule has 1 fully saturated rings. The minimum Gasteiger partial charge on any atom is -0.395 e. The Morgan fingerprint density at radius 2 is 2.12 bits per heavy atom. The fraction of sp³-hybridized carbons (Fsp3) is 0.917. The fourth-order valence-corrected chi connectivity index (χ4v) is 2.45. The SMILES string of the molecule is CC(C)C1=NOC2(CCN(CCO)CC2)C1. The van der Waals surface area contributed by atoms with Gasteiger partial charge in [0.15, 0.2) is 0 Å². The minimum absolute atomic E-state index is 0.0223. The van der Waals surface area contributed by atoms with E-state index in [9.17, 15) is 0 Å². The molecule has 0 aromatic carbocycles. The number of piperidine rings is 1. The normalized spacial score (nSPS) is 24.9. The van der Waals surface area contributed by atoms with Crippen LogP contribution in [0.2, 0.25) is 0 Å². The predicted molar refractivity (Wildman–Crippen MR) is 63.5 cm³/mol. The summed E-state index contributed by atoms with van der Waals surface area (Å²) in [4.78, 5) is 7.97. The summed E-state index contributed by atoms with van der Waals surface area (Å²) in [7, 11) is 0. The van der Waals surface area contributed by atoms with Crippen LogP contribution < -0.4 is 0 Å². The van der Waals surface area contributed by atoms with Gasteiger partial charge < -0.3 is 14.8 Å². The van der Waals surface area contributed by atoms with Crippen LogP contribution in [0.1, 0.15) is 33.1 Å². The van der Waals surface area contributed by atoms with Gasteiger partial charge in [-0.3, -0.25) is 0 Å². The third-order valence-electron chi connectivity index (χ3n) is 3.71. The lowest BCUT2D eigenvalue weighted by molar-refractivity contribution is -0.0628. The maximum absolute atomic E-state index is 8.89. The third kappa shape index (κ3) is 2.38. The van der Waals surface area contributed by atoms with Gasteiger partial charge in [-0.2, -0.15) is 0 Å². The number of β-amino-alcohol motifs (C(OH)–C–C–N with tert-alkyl or cyclic N) is 1. The molecule has 0 amide bonds. The van der Waals surface area contributed by atoms with Crippen molar-refractivity contribution in [3.63, 3.8) is 0 Å². The van der Waals surface area contributed by atoms with Gasteiger partial charge in [0.05, 0.1) is 12.3 Å². The van der Waals surface area contributed by atoms with Gasteiger partial charge in [0.1, 0.15) is 5.60 Å². The highest BCUT2D eigenvalue weighted by molar-refractivity contribution is 5.87. The van der Waals surface area contributed by atoms with Gasteiger partial charge in [-0.1, -0.05) is 19.0 Å². The first-order valence-electron chi connectivity index (χ1n) is 6.23. The van der Waals surface area contributed by atoms with E-state index in [0.29, 0.717) is 5.92 Å². The van der Waals surface area contributed by atoms with Crippen LogP contribution in [0.4, 0.5) is 0 Å². The maximum Gasteiger partial charge on any atom is 0.145 e. The second-order valence-electron chi connectivity index (χ2n) is 5.25. The zero-order valence-corrected chi connectivity index (χ0v) is 10.3. The number of aliphatic hydroxyl groups is 1. The van der Waals surface area contributed by atoms with E-state index in [1.165, 1.54) is 5.71 Å². The van der Waals surface area contributed by atoms with Crippen LogP contribution in [0.15, 0.2) is 5.16 Å². The van der Waals surface area contributed by atoms with Gasteiger partial charge in [-0.15, -0.1) is 0 Å². The topological polar surface area (TPSA) is 45.1 Å². The Balaban J connectivity index is 1.86. The summed E-state index contributed by atoms with van der Waals surface area (Å²) in [5.41, 5.74) is 1.18. The molecular weight excluding hydrogens is 204 g/mol. The summed E-state index contributed by atoms with van der Waals surface area (Å²) < 4.78 is 0. The summed E-state index contributed by atoms with van der Waals surface area (Å²) in [6.07, 6.45) is 3.07. The lowest BCUT2D eigenvalue weighted by atomic mass is 9.85. The van der Waals surface area contributed by atoms with E-state index < -0.39 is 0 Å². The Bertz CT molecular complexity index is 268. The summed E-state index contributed by atoms with van der Waals surface area (Å²) in [5.74, 6) is 0.495. The average Bonchev–Trinajstić information content (AvgIpc) is 2.67. The zero-order chi connectivity index (χ0) is 11.6. The molecule has 4 heteroatoms. The Hall–Kier alpha value is -0.610. The van der Waals surface area contributed by atoms with Crippen LogP contribution in [0.25, 0.3) is 0 Å². The Morgan fingerprint density at radius 1 is 1.44 bits per heavy atom. The van der Waals surface area contributed by atoms with Crippen LogP contribution in [0.5, 0.6) is 0 Å². The van der Waals surface area contributed by atoms with E-state index >= 15 is 0 Å². The van der Waals surface area contributed by atoms with Crippen LogP contribution in [0, 0.1) is 5.92 Å². The van der Waals surface area contributed by atoms with E-state index in [0.717, 1.165) is 38.9 Å². The van der Waals surface area contributed by atoms with Crippen LogP contribution in [-0.2, 0) is 4.84 Å². The zero-order valence-electron chi connectivity index (χ0n) is 10.3. The second-order valence-corrected chi connectivity index (χ2v) is 5.25. The first kappa shape index (κ1) is 11.9. The molecule has 1 spiro atoms. The van der Waals surface area contributed by atoms with Crippen LogP contribution in [0.3, 0.4) is 0 Å². The summed E-state index contributed by atoms with van der Waals surface area (Å²) >= 11 is 0. The smallest absolute Gasteiger partial charge is 0.145 e. The molecule has 1 N–H and O–H groups in total. The molecule has 0 aromatic rings. The van der Waals surface area contributed by atoms with E-state index in [-0.39, 0.29) is 12.2 Å². The van der Waals surface area contributed by atoms with Crippen molar-refractivity contribution in [2.45, 2.75) is 38.7 Å². The summed E-state index contributed by atoms with van der Waals surface area (Å²) in [6.45, 7) is 7.41. The summed E-state index contributed by atoms with van der Waals surface area (Å²) in [6, 6.07) is 0. The van der Waals surface area contributed by atoms with Gasteiger partial charge in [0.25, 0.3) is 0 Å². The summed E-state index contributed by atoms with van der Waals surface area (Å²) in [5, 5.41) is 13.1.